The predicted octanol–water partition coefficient (Wildman–Crippen LogP) is 2.57. The highest BCUT2D eigenvalue weighted by atomic mass is 16.7. The summed E-state index contributed by atoms with van der Waals surface area (Å²) in [5, 5.41) is 2.76. The van der Waals surface area contributed by atoms with Crippen molar-refractivity contribution in [3.8, 4) is 11.5 Å². The Hall–Kier alpha value is -2.75. The zero-order chi connectivity index (χ0) is 13.6. The van der Waals surface area contributed by atoms with Crippen molar-refractivity contribution in [2.75, 3.05) is 0 Å². The van der Waals surface area contributed by atoms with E-state index in [1.165, 1.54) is 0 Å². The van der Waals surface area contributed by atoms with Crippen LogP contribution in [-0.2, 0) is 0 Å². The molecule has 1 N–H and O–H groups in total. The number of rotatable bonds is 0. The predicted molar refractivity (Wildman–Crippen MR) is 73.4 cm³/mol. The molecule has 4 rings (SSSR count). The molecule has 0 unspecified atom stereocenters. The number of amides is 1. The summed E-state index contributed by atoms with van der Waals surface area (Å²) in [7, 11) is 0. The van der Waals surface area contributed by atoms with E-state index in [0.717, 1.165) is 5.56 Å². The third-order valence-electron chi connectivity index (χ3n) is 3.34. The van der Waals surface area contributed by atoms with Gasteiger partial charge in [-0.1, -0.05) is 30.3 Å². The second-order valence-electron chi connectivity index (χ2n) is 4.69. The van der Waals surface area contributed by atoms with Crippen LogP contribution in [0, 0.1) is 0 Å². The van der Waals surface area contributed by atoms with Crippen molar-refractivity contribution in [2.24, 2.45) is 0 Å². The van der Waals surface area contributed by atoms with Gasteiger partial charge in [0, 0.05) is 11.6 Å². The van der Waals surface area contributed by atoms with Gasteiger partial charge in [0.25, 0.3) is 5.91 Å². The molecule has 98 valence electrons. The number of benzene rings is 2. The highest BCUT2D eigenvalue weighted by Crippen LogP contribution is 2.35. The molecule has 1 atom stereocenters. The van der Waals surface area contributed by atoms with Gasteiger partial charge in [0.15, 0.2) is 0 Å². The van der Waals surface area contributed by atoms with Gasteiger partial charge >= 0.3 is 5.91 Å². The van der Waals surface area contributed by atoms with Crippen molar-refractivity contribution in [1.82, 2.24) is 5.32 Å². The maximum absolute atomic E-state index is 12.2. The van der Waals surface area contributed by atoms with Crippen molar-refractivity contribution in [2.45, 2.75) is 5.91 Å². The summed E-state index contributed by atoms with van der Waals surface area (Å²) in [6.07, 6.45) is 3.59. The number of hydrogen-bond donors (Lipinski definition) is 1. The third kappa shape index (κ3) is 1.58. The zero-order valence-electron chi connectivity index (χ0n) is 10.5. The summed E-state index contributed by atoms with van der Waals surface area (Å²) in [5.41, 5.74) is 1.46. The molecular weight excluding hydrogens is 254 g/mol. The van der Waals surface area contributed by atoms with E-state index in [4.69, 9.17) is 9.47 Å². The van der Waals surface area contributed by atoms with Crippen LogP contribution in [0.15, 0.2) is 54.6 Å². The molecule has 4 heteroatoms. The molecule has 2 aliphatic heterocycles. The van der Waals surface area contributed by atoms with E-state index in [1.54, 1.807) is 24.3 Å². The lowest BCUT2D eigenvalue weighted by Gasteiger charge is -2.38. The quantitative estimate of drug-likeness (QED) is 0.796. The first-order chi connectivity index (χ1) is 9.76. The monoisotopic (exact) mass is 265 g/mol. The lowest BCUT2D eigenvalue weighted by Crippen LogP contribution is -2.59. The molecule has 2 aromatic carbocycles. The van der Waals surface area contributed by atoms with Gasteiger partial charge in [-0.15, -0.1) is 0 Å². The smallest absolute Gasteiger partial charge is 0.360 e. The third-order valence-corrected chi connectivity index (χ3v) is 3.34. The molecule has 1 spiro atoms. The number of carbonyl (C=O) groups excluding carboxylic acids is 1. The number of para-hydroxylation sites is 2. The molecule has 2 aromatic rings. The van der Waals surface area contributed by atoms with Crippen LogP contribution in [0.3, 0.4) is 0 Å². The maximum Gasteiger partial charge on any atom is 0.360 e. The van der Waals surface area contributed by atoms with E-state index in [0.29, 0.717) is 17.1 Å². The second kappa shape index (κ2) is 3.87. The van der Waals surface area contributed by atoms with E-state index in [-0.39, 0.29) is 5.91 Å². The molecule has 4 nitrogen and oxygen atoms in total. The van der Waals surface area contributed by atoms with Gasteiger partial charge in [0.05, 0.1) is 5.56 Å². The van der Waals surface area contributed by atoms with Gasteiger partial charge in [-0.3, -0.25) is 10.1 Å². The Morgan fingerprint density at radius 3 is 2.50 bits per heavy atom. The highest BCUT2D eigenvalue weighted by Gasteiger charge is 2.42. The van der Waals surface area contributed by atoms with Gasteiger partial charge in [-0.25, -0.2) is 0 Å². The van der Waals surface area contributed by atoms with Crippen LogP contribution in [0.4, 0.5) is 0 Å². The summed E-state index contributed by atoms with van der Waals surface area (Å²) in [6, 6.07) is 14.7. The Balaban J connectivity index is 1.77. The molecule has 1 amide bonds. The molecule has 0 aliphatic carbocycles. The Morgan fingerprint density at radius 2 is 1.60 bits per heavy atom. The summed E-state index contributed by atoms with van der Waals surface area (Å²) in [5.74, 6) is -0.286. The summed E-state index contributed by atoms with van der Waals surface area (Å²) >= 11 is 0. The molecule has 0 aromatic heterocycles. The van der Waals surface area contributed by atoms with Crippen LogP contribution in [0.1, 0.15) is 15.9 Å². The fourth-order valence-corrected chi connectivity index (χ4v) is 2.39. The number of ether oxygens (including phenoxy) is 2. The molecule has 0 fully saturated rings. The van der Waals surface area contributed by atoms with Crippen molar-refractivity contribution in [1.29, 1.82) is 0 Å². The molecular formula is C16H11NO3. The highest BCUT2D eigenvalue weighted by molar-refractivity contribution is 5.98. The number of fused-ring (bicyclic) bond motifs is 2. The van der Waals surface area contributed by atoms with Crippen LogP contribution < -0.4 is 14.8 Å². The van der Waals surface area contributed by atoms with E-state index in [9.17, 15) is 4.79 Å². The van der Waals surface area contributed by atoms with Crippen molar-refractivity contribution >= 4 is 12.0 Å². The number of nitrogens with one attached hydrogen (secondary N) is 1. The Bertz CT molecular complexity index is 738. The minimum atomic E-state index is -1.26. The topological polar surface area (TPSA) is 47.6 Å². The first kappa shape index (κ1) is 11.1. The first-order valence-electron chi connectivity index (χ1n) is 6.34. The van der Waals surface area contributed by atoms with Gasteiger partial charge < -0.3 is 9.47 Å². The SMILES string of the molecule is O=C1N[C@]2(C=Cc3ccccc3O2)Oc2ccccc21. The summed E-state index contributed by atoms with van der Waals surface area (Å²) in [6.45, 7) is 0. The maximum atomic E-state index is 12.2. The molecule has 0 radical (unpaired) electrons. The lowest BCUT2D eigenvalue weighted by atomic mass is 10.1. The fraction of sp³-hybridized carbons (Fsp3) is 0.0625. The minimum Gasteiger partial charge on any atom is -0.431 e. The Labute approximate surface area is 115 Å². The standard InChI is InChI=1S/C16H11NO3/c18-15-12-6-2-4-8-14(12)20-16(17-15)10-9-11-5-1-3-7-13(11)19-16/h1-10H,(H,17,18)/t16-/m0/s1. The van der Waals surface area contributed by atoms with Crippen LogP contribution in [0.25, 0.3) is 6.08 Å². The first-order valence-corrected chi connectivity index (χ1v) is 6.34. The van der Waals surface area contributed by atoms with Gasteiger partial charge in [0.1, 0.15) is 11.5 Å². The molecule has 2 aliphatic rings. The van der Waals surface area contributed by atoms with Crippen molar-refractivity contribution in [3.05, 3.63) is 65.7 Å². The van der Waals surface area contributed by atoms with E-state index in [2.05, 4.69) is 5.32 Å². The Kier molecular flexibility index (Phi) is 2.15. The normalized spacial score (nSPS) is 22.3. The van der Waals surface area contributed by atoms with Crippen molar-refractivity contribution < 1.29 is 14.3 Å². The Morgan fingerprint density at radius 1 is 0.900 bits per heavy atom. The molecule has 0 saturated carbocycles. The van der Waals surface area contributed by atoms with E-state index in [1.807, 2.05) is 36.4 Å². The summed E-state index contributed by atoms with van der Waals surface area (Å²) in [4.78, 5) is 12.2. The molecule has 20 heavy (non-hydrogen) atoms. The van der Waals surface area contributed by atoms with Gasteiger partial charge in [0.2, 0.25) is 0 Å². The van der Waals surface area contributed by atoms with Crippen LogP contribution in [-0.4, -0.2) is 11.8 Å². The zero-order valence-corrected chi connectivity index (χ0v) is 10.5. The summed E-state index contributed by atoms with van der Waals surface area (Å²) < 4.78 is 11.7. The lowest BCUT2D eigenvalue weighted by molar-refractivity contribution is -0.0969. The van der Waals surface area contributed by atoms with E-state index < -0.39 is 5.91 Å². The van der Waals surface area contributed by atoms with Gasteiger partial charge in [-0.05, 0) is 24.3 Å². The second-order valence-corrected chi connectivity index (χ2v) is 4.69. The fourth-order valence-electron chi connectivity index (χ4n) is 2.39. The number of hydrogen-bond acceptors (Lipinski definition) is 3. The number of carbonyl (C=O) groups is 1. The average Bonchev–Trinajstić information content (AvgIpc) is 2.47. The van der Waals surface area contributed by atoms with Crippen molar-refractivity contribution in [3.63, 3.8) is 0 Å². The largest absolute Gasteiger partial charge is 0.431 e. The van der Waals surface area contributed by atoms with E-state index >= 15 is 0 Å². The van der Waals surface area contributed by atoms with Gasteiger partial charge in [-0.2, -0.15) is 0 Å². The average molecular weight is 265 g/mol. The molecule has 2 heterocycles. The van der Waals surface area contributed by atoms with Crippen LogP contribution in [0.5, 0.6) is 11.5 Å². The molecule has 0 saturated heterocycles. The minimum absolute atomic E-state index is 0.212. The van der Waals surface area contributed by atoms with Crippen LogP contribution >= 0.6 is 0 Å². The van der Waals surface area contributed by atoms with Crippen LogP contribution in [0.2, 0.25) is 0 Å². The molecule has 0 bridgehead atoms.